The highest BCUT2D eigenvalue weighted by Crippen LogP contribution is 2.42. The van der Waals surface area contributed by atoms with Gasteiger partial charge < -0.3 is 24.7 Å². The first kappa shape index (κ1) is 17.4. The van der Waals surface area contributed by atoms with Crippen LogP contribution in [0.3, 0.4) is 0 Å². The van der Waals surface area contributed by atoms with Gasteiger partial charge in [0.2, 0.25) is 0 Å². The number of hydrogen-bond donors (Lipinski definition) is 0. The maximum absolute atomic E-state index is 12.1. The molecule has 0 bridgehead atoms. The molecule has 0 saturated carbocycles. The SMILES string of the molecule is CC(C)(C)OC(=O)N1CCC2(CC1)CN(c1ccc([N+](=O)[O-])nc1)C2. The molecular formula is C17H24N4O4. The first-order valence-corrected chi connectivity index (χ1v) is 8.51. The number of carbonyl (C=O) groups excluding carboxylic acids is 1. The average Bonchev–Trinajstić information content (AvgIpc) is 2.51. The van der Waals surface area contributed by atoms with Gasteiger partial charge in [0, 0.05) is 37.7 Å². The lowest BCUT2D eigenvalue weighted by molar-refractivity contribution is -0.389. The quantitative estimate of drug-likeness (QED) is 0.603. The number of rotatable bonds is 2. The molecule has 0 radical (unpaired) electrons. The Balaban J connectivity index is 1.51. The summed E-state index contributed by atoms with van der Waals surface area (Å²) in [5, 5.41) is 10.7. The predicted molar refractivity (Wildman–Crippen MR) is 92.6 cm³/mol. The predicted octanol–water partition coefficient (Wildman–Crippen LogP) is 2.83. The highest BCUT2D eigenvalue weighted by atomic mass is 16.6. The van der Waals surface area contributed by atoms with E-state index in [0.717, 1.165) is 31.6 Å². The molecule has 136 valence electrons. The molecule has 2 fully saturated rings. The van der Waals surface area contributed by atoms with E-state index in [1.807, 2.05) is 20.8 Å². The zero-order valence-electron chi connectivity index (χ0n) is 14.9. The van der Waals surface area contributed by atoms with Crippen LogP contribution in [0.4, 0.5) is 16.3 Å². The minimum absolute atomic E-state index is 0.135. The van der Waals surface area contributed by atoms with E-state index in [1.54, 1.807) is 17.2 Å². The van der Waals surface area contributed by atoms with Gasteiger partial charge in [-0.1, -0.05) is 0 Å². The number of amides is 1. The Bertz CT molecular complexity index is 652. The molecule has 8 nitrogen and oxygen atoms in total. The summed E-state index contributed by atoms with van der Waals surface area (Å²) >= 11 is 0. The van der Waals surface area contributed by atoms with Gasteiger partial charge in [0.15, 0.2) is 6.20 Å². The molecule has 25 heavy (non-hydrogen) atoms. The number of nitro groups is 1. The summed E-state index contributed by atoms with van der Waals surface area (Å²) in [5.74, 6) is -0.135. The molecule has 3 heterocycles. The fourth-order valence-corrected chi connectivity index (χ4v) is 3.43. The van der Waals surface area contributed by atoms with Crippen molar-refractivity contribution in [3.05, 3.63) is 28.4 Å². The summed E-state index contributed by atoms with van der Waals surface area (Å²) < 4.78 is 5.43. The van der Waals surface area contributed by atoms with Gasteiger partial charge in [-0.15, -0.1) is 0 Å². The number of ether oxygens (including phenoxy) is 1. The molecule has 2 aliphatic rings. The molecule has 2 saturated heterocycles. The van der Waals surface area contributed by atoms with Gasteiger partial charge in [-0.3, -0.25) is 0 Å². The Morgan fingerprint density at radius 3 is 2.40 bits per heavy atom. The van der Waals surface area contributed by atoms with E-state index in [1.165, 1.54) is 6.07 Å². The summed E-state index contributed by atoms with van der Waals surface area (Å²) in [6.07, 6.45) is 3.21. The Hall–Kier alpha value is -2.38. The monoisotopic (exact) mass is 348 g/mol. The minimum atomic E-state index is -0.492. The maximum atomic E-state index is 12.1. The number of likely N-dealkylation sites (tertiary alicyclic amines) is 1. The lowest BCUT2D eigenvalue weighted by Gasteiger charge is -2.54. The second-order valence-corrected chi connectivity index (χ2v) is 7.96. The van der Waals surface area contributed by atoms with Crippen molar-refractivity contribution in [3.8, 4) is 0 Å². The first-order chi connectivity index (χ1) is 11.7. The van der Waals surface area contributed by atoms with Crippen molar-refractivity contribution in [2.24, 2.45) is 5.41 Å². The Labute approximate surface area is 146 Å². The number of aromatic nitrogens is 1. The van der Waals surface area contributed by atoms with Crippen molar-refractivity contribution in [1.29, 1.82) is 0 Å². The fraction of sp³-hybridized carbons (Fsp3) is 0.647. The molecule has 0 atom stereocenters. The molecule has 8 heteroatoms. The van der Waals surface area contributed by atoms with Gasteiger partial charge in [-0.2, -0.15) is 0 Å². The molecule has 1 amide bonds. The second kappa shape index (κ2) is 6.16. The van der Waals surface area contributed by atoms with Crippen LogP contribution >= 0.6 is 0 Å². The smallest absolute Gasteiger partial charge is 0.410 e. The van der Waals surface area contributed by atoms with Crippen LogP contribution in [0.5, 0.6) is 0 Å². The van der Waals surface area contributed by atoms with Crippen molar-refractivity contribution in [2.45, 2.75) is 39.2 Å². The van der Waals surface area contributed by atoms with Gasteiger partial charge in [-0.25, -0.2) is 4.79 Å². The summed E-state index contributed by atoms with van der Waals surface area (Å²) in [5.41, 5.74) is 0.661. The summed E-state index contributed by atoms with van der Waals surface area (Å²) in [6.45, 7) is 8.83. The Kier molecular flexibility index (Phi) is 4.30. The Morgan fingerprint density at radius 2 is 1.92 bits per heavy atom. The minimum Gasteiger partial charge on any atom is -0.444 e. The van der Waals surface area contributed by atoms with Crippen LogP contribution < -0.4 is 4.90 Å². The second-order valence-electron chi connectivity index (χ2n) is 7.96. The third kappa shape index (κ3) is 3.83. The summed E-state index contributed by atoms with van der Waals surface area (Å²) in [6, 6.07) is 3.18. The van der Waals surface area contributed by atoms with Crippen LogP contribution in [-0.2, 0) is 4.74 Å². The van der Waals surface area contributed by atoms with Crippen molar-refractivity contribution >= 4 is 17.6 Å². The highest BCUT2D eigenvalue weighted by molar-refractivity contribution is 5.68. The zero-order chi connectivity index (χ0) is 18.2. The number of piperidine rings is 1. The van der Waals surface area contributed by atoms with E-state index in [-0.39, 0.29) is 17.3 Å². The largest absolute Gasteiger partial charge is 0.444 e. The topological polar surface area (TPSA) is 88.8 Å². The normalized spacial score (nSPS) is 19.5. The standard InChI is InChI=1S/C17H24N4O4/c1-16(2,3)25-15(22)19-8-6-17(7-9-19)11-20(12-17)13-4-5-14(18-10-13)21(23)24/h4-5,10H,6-9,11-12H2,1-3H3. The van der Waals surface area contributed by atoms with E-state index in [0.29, 0.717) is 13.1 Å². The summed E-state index contributed by atoms with van der Waals surface area (Å²) in [7, 11) is 0. The lowest BCUT2D eigenvalue weighted by Crippen LogP contribution is -2.61. The van der Waals surface area contributed by atoms with Crippen molar-refractivity contribution in [1.82, 2.24) is 9.88 Å². The number of hydrogen-bond acceptors (Lipinski definition) is 6. The maximum Gasteiger partial charge on any atom is 0.410 e. The average molecular weight is 348 g/mol. The van der Waals surface area contributed by atoms with Gasteiger partial charge in [0.1, 0.15) is 5.60 Å². The van der Waals surface area contributed by atoms with Gasteiger partial charge in [0.05, 0.1) is 5.69 Å². The molecule has 1 aromatic rings. The van der Waals surface area contributed by atoms with Gasteiger partial charge in [-0.05, 0) is 49.6 Å². The van der Waals surface area contributed by atoms with Crippen LogP contribution in [0.1, 0.15) is 33.6 Å². The van der Waals surface area contributed by atoms with Crippen LogP contribution in [0.2, 0.25) is 0 Å². The number of anilines is 1. The zero-order valence-corrected chi connectivity index (χ0v) is 14.9. The third-order valence-electron chi connectivity index (χ3n) is 4.81. The molecule has 3 rings (SSSR count). The van der Waals surface area contributed by atoms with Crippen molar-refractivity contribution in [2.75, 3.05) is 31.1 Å². The number of nitrogens with zero attached hydrogens (tertiary/aromatic N) is 4. The van der Waals surface area contributed by atoms with Crippen molar-refractivity contribution in [3.63, 3.8) is 0 Å². The van der Waals surface area contributed by atoms with Crippen molar-refractivity contribution < 1.29 is 14.5 Å². The van der Waals surface area contributed by atoms with E-state index in [4.69, 9.17) is 4.74 Å². The molecular weight excluding hydrogens is 324 g/mol. The van der Waals surface area contributed by atoms with E-state index >= 15 is 0 Å². The number of carbonyl (C=O) groups is 1. The molecule has 1 aromatic heterocycles. The first-order valence-electron chi connectivity index (χ1n) is 8.51. The van der Waals surface area contributed by atoms with E-state index in [2.05, 4.69) is 9.88 Å². The van der Waals surface area contributed by atoms with E-state index < -0.39 is 10.5 Å². The molecule has 0 unspecified atom stereocenters. The molecule has 0 N–H and O–H groups in total. The van der Waals surface area contributed by atoms with Crippen LogP contribution in [-0.4, -0.2) is 52.7 Å². The number of pyridine rings is 1. The van der Waals surface area contributed by atoms with Crippen LogP contribution in [0.25, 0.3) is 0 Å². The molecule has 0 aromatic carbocycles. The van der Waals surface area contributed by atoms with E-state index in [9.17, 15) is 14.9 Å². The third-order valence-corrected chi connectivity index (χ3v) is 4.81. The van der Waals surface area contributed by atoms with Gasteiger partial charge >= 0.3 is 11.9 Å². The Morgan fingerprint density at radius 1 is 1.28 bits per heavy atom. The van der Waals surface area contributed by atoms with Crippen LogP contribution in [0, 0.1) is 15.5 Å². The molecule has 0 aliphatic carbocycles. The van der Waals surface area contributed by atoms with Gasteiger partial charge in [0.25, 0.3) is 0 Å². The summed E-state index contributed by atoms with van der Waals surface area (Å²) in [4.78, 5) is 30.1. The van der Waals surface area contributed by atoms with Crippen LogP contribution in [0.15, 0.2) is 18.3 Å². The molecule has 1 spiro atoms. The lowest BCUT2D eigenvalue weighted by atomic mass is 9.72. The highest BCUT2D eigenvalue weighted by Gasteiger charge is 2.46. The molecule has 2 aliphatic heterocycles. The fourth-order valence-electron chi connectivity index (χ4n) is 3.43.